The van der Waals surface area contributed by atoms with E-state index in [0.29, 0.717) is 6.54 Å². The van der Waals surface area contributed by atoms with Crippen LogP contribution in [0.5, 0.6) is 0 Å². The van der Waals surface area contributed by atoms with E-state index in [1.54, 1.807) is 6.92 Å². The van der Waals surface area contributed by atoms with Crippen LogP contribution in [0.15, 0.2) is 28.7 Å². The second-order valence-electron chi connectivity index (χ2n) is 3.82. The summed E-state index contributed by atoms with van der Waals surface area (Å²) in [6.45, 7) is 3.07. The van der Waals surface area contributed by atoms with E-state index in [-0.39, 0.29) is 5.78 Å². The van der Waals surface area contributed by atoms with Crippen LogP contribution in [0, 0.1) is 0 Å². The highest BCUT2D eigenvalue weighted by Gasteiger charge is 2.02. The molecule has 0 saturated heterocycles. The van der Waals surface area contributed by atoms with Gasteiger partial charge in [0.05, 0.1) is 6.54 Å². The number of hydrogen-bond donors (Lipinski definition) is 0. The van der Waals surface area contributed by atoms with E-state index in [1.807, 2.05) is 24.1 Å². The Labute approximate surface area is 99.4 Å². The highest BCUT2D eigenvalue weighted by atomic mass is 79.9. The Balaban J connectivity index is 2.40. The van der Waals surface area contributed by atoms with Gasteiger partial charge in [0, 0.05) is 11.0 Å². The van der Waals surface area contributed by atoms with Crippen LogP contribution in [-0.2, 0) is 11.2 Å². The molecule has 1 aromatic rings. The minimum atomic E-state index is 0.215. The van der Waals surface area contributed by atoms with Crippen LogP contribution in [0.4, 0.5) is 0 Å². The third kappa shape index (κ3) is 5.09. The van der Waals surface area contributed by atoms with Gasteiger partial charge in [0.15, 0.2) is 0 Å². The number of nitrogens with zero attached hydrogens (tertiary/aromatic N) is 1. The molecular weight excluding hydrogens is 254 g/mol. The Morgan fingerprint density at radius 2 is 2.20 bits per heavy atom. The van der Waals surface area contributed by atoms with Gasteiger partial charge in [-0.3, -0.25) is 9.69 Å². The average molecular weight is 270 g/mol. The summed E-state index contributed by atoms with van der Waals surface area (Å²) in [5.41, 5.74) is 1.29. The molecule has 0 bridgehead atoms. The van der Waals surface area contributed by atoms with E-state index in [4.69, 9.17) is 0 Å². The molecule has 0 saturated carbocycles. The number of hydrogen-bond acceptors (Lipinski definition) is 2. The third-order valence-electron chi connectivity index (χ3n) is 2.16. The normalized spacial score (nSPS) is 10.7. The molecule has 0 amide bonds. The van der Waals surface area contributed by atoms with Crippen molar-refractivity contribution in [3.05, 3.63) is 34.3 Å². The molecule has 2 nitrogen and oxygen atoms in total. The molecule has 0 radical (unpaired) electrons. The molecule has 0 atom stereocenters. The fourth-order valence-electron chi connectivity index (χ4n) is 1.47. The summed E-state index contributed by atoms with van der Waals surface area (Å²) in [4.78, 5) is 12.9. The smallest absolute Gasteiger partial charge is 0.143 e. The maximum Gasteiger partial charge on any atom is 0.143 e. The largest absolute Gasteiger partial charge is 0.299 e. The van der Waals surface area contributed by atoms with Crippen LogP contribution in [0.2, 0.25) is 0 Å². The first-order valence-corrected chi connectivity index (χ1v) is 5.79. The summed E-state index contributed by atoms with van der Waals surface area (Å²) in [6, 6.07) is 8.27. The van der Waals surface area contributed by atoms with Gasteiger partial charge in [-0.05, 0) is 38.1 Å². The lowest BCUT2D eigenvalue weighted by Crippen LogP contribution is -2.26. The van der Waals surface area contributed by atoms with E-state index >= 15 is 0 Å². The summed E-state index contributed by atoms with van der Waals surface area (Å²) in [5, 5.41) is 0. The first-order chi connectivity index (χ1) is 7.08. The molecule has 0 aromatic heterocycles. The number of Topliss-reactive ketones (excluding diaryl/α,β-unsaturated/α-hetero) is 1. The zero-order valence-corrected chi connectivity index (χ0v) is 10.8. The molecule has 0 aliphatic heterocycles. The summed E-state index contributed by atoms with van der Waals surface area (Å²) in [5.74, 6) is 0.215. The van der Waals surface area contributed by atoms with Gasteiger partial charge in [0.2, 0.25) is 0 Å². The molecule has 0 fully saturated rings. The van der Waals surface area contributed by atoms with E-state index < -0.39 is 0 Å². The fourth-order valence-corrected chi connectivity index (χ4v) is 1.92. The minimum absolute atomic E-state index is 0.215. The second kappa shape index (κ2) is 6.03. The minimum Gasteiger partial charge on any atom is -0.299 e. The van der Waals surface area contributed by atoms with Crippen molar-refractivity contribution in [2.45, 2.75) is 13.3 Å². The van der Waals surface area contributed by atoms with Crippen LogP contribution in [-0.4, -0.2) is 30.8 Å². The van der Waals surface area contributed by atoms with Gasteiger partial charge in [0.1, 0.15) is 5.78 Å². The topological polar surface area (TPSA) is 20.3 Å². The van der Waals surface area contributed by atoms with Crippen molar-refractivity contribution >= 4 is 21.7 Å². The number of carbonyl (C=O) groups is 1. The van der Waals surface area contributed by atoms with Crippen molar-refractivity contribution in [3.8, 4) is 0 Å². The van der Waals surface area contributed by atoms with Gasteiger partial charge >= 0.3 is 0 Å². The number of likely N-dealkylation sites (N-methyl/N-ethyl adjacent to an activating group) is 1. The molecule has 3 heteroatoms. The molecule has 82 valence electrons. The lowest BCUT2D eigenvalue weighted by Gasteiger charge is -2.14. The standard InChI is InChI=1S/C12H16BrNO/c1-10(15)9-14(2)7-6-11-4-3-5-12(13)8-11/h3-5,8H,6-7,9H2,1-2H3. The van der Waals surface area contributed by atoms with Gasteiger partial charge in [-0.25, -0.2) is 0 Å². The highest BCUT2D eigenvalue weighted by molar-refractivity contribution is 9.10. The Hall–Kier alpha value is -0.670. The van der Waals surface area contributed by atoms with Crippen LogP contribution >= 0.6 is 15.9 Å². The van der Waals surface area contributed by atoms with Gasteiger partial charge in [-0.1, -0.05) is 28.1 Å². The summed E-state index contributed by atoms with van der Waals surface area (Å²) < 4.78 is 1.11. The first kappa shape index (κ1) is 12.4. The molecule has 0 spiro atoms. The highest BCUT2D eigenvalue weighted by Crippen LogP contribution is 2.12. The predicted molar refractivity (Wildman–Crippen MR) is 66.0 cm³/mol. The Kier molecular flexibility index (Phi) is 4.99. The lowest BCUT2D eigenvalue weighted by atomic mass is 10.1. The molecule has 1 rings (SSSR count). The second-order valence-corrected chi connectivity index (χ2v) is 4.74. The van der Waals surface area contributed by atoms with Crippen molar-refractivity contribution in [1.29, 1.82) is 0 Å². The lowest BCUT2D eigenvalue weighted by molar-refractivity contribution is -0.117. The zero-order chi connectivity index (χ0) is 11.3. The monoisotopic (exact) mass is 269 g/mol. The predicted octanol–water partition coefficient (Wildman–Crippen LogP) is 2.51. The van der Waals surface area contributed by atoms with Crippen molar-refractivity contribution in [3.63, 3.8) is 0 Å². The van der Waals surface area contributed by atoms with Crippen LogP contribution < -0.4 is 0 Å². The van der Waals surface area contributed by atoms with Gasteiger partial charge in [-0.2, -0.15) is 0 Å². The van der Waals surface area contributed by atoms with E-state index in [2.05, 4.69) is 28.1 Å². The molecule has 0 N–H and O–H groups in total. The van der Waals surface area contributed by atoms with Crippen molar-refractivity contribution in [1.82, 2.24) is 4.90 Å². The molecule has 0 unspecified atom stereocenters. The maximum atomic E-state index is 10.9. The van der Waals surface area contributed by atoms with E-state index in [1.165, 1.54) is 5.56 Å². The van der Waals surface area contributed by atoms with Crippen molar-refractivity contribution in [2.24, 2.45) is 0 Å². The fraction of sp³-hybridized carbons (Fsp3) is 0.417. The number of carbonyl (C=O) groups excluding carboxylic acids is 1. The number of halogens is 1. The number of ketones is 1. The first-order valence-electron chi connectivity index (χ1n) is 5.00. The zero-order valence-electron chi connectivity index (χ0n) is 9.16. The molecule has 1 aromatic carbocycles. The Morgan fingerprint density at radius 3 is 2.80 bits per heavy atom. The van der Waals surface area contributed by atoms with Crippen LogP contribution in [0.25, 0.3) is 0 Å². The third-order valence-corrected chi connectivity index (χ3v) is 2.66. The number of rotatable bonds is 5. The summed E-state index contributed by atoms with van der Waals surface area (Å²) in [6.07, 6.45) is 0.975. The van der Waals surface area contributed by atoms with E-state index in [0.717, 1.165) is 17.4 Å². The Morgan fingerprint density at radius 1 is 1.47 bits per heavy atom. The van der Waals surface area contributed by atoms with Gasteiger partial charge in [0.25, 0.3) is 0 Å². The van der Waals surface area contributed by atoms with Gasteiger partial charge in [-0.15, -0.1) is 0 Å². The maximum absolute atomic E-state index is 10.9. The van der Waals surface area contributed by atoms with E-state index in [9.17, 15) is 4.79 Å². The average Bonchev–Trinajstić information content (AvgIpc) is 2.14. The molecule has 0 heterocycles. The SMILES string of the molecule is CC(=O)CN(C)CCc1cccc(Br)c1. The van der Waals surface area contributed by atoms with Crippen molar-refractivity contribution < 1.29 is 4.79 Å². The van der Waals surface area contributed by atoms with Gasteiger partial charge < -0.3 is 0 Å². The van der Waals surface area contributed by atoms with Crippen LogP contribution in [0.1, 0.15) is 12.5 Å². The van der Waals surface area contributed by atoms with Crippen molar-refractivity contribution in [2.75, 3.05) is 20.1 Å². The Bertz CT molecular complexity index is 338. The summed E-state index contributed by atoms with van der Waals surface area (Å²) in [7, 11) is 1.97. The quantitative estimate of drug-likeness (QED) is 0.819. The molecule has 0 aliphatic rings. The van der Waals surface area contributed by atoms with Crippen LogP contribution in [0.3, 0.4) is 0 Å². The molecule has 0 aliphatic carbocycles. The number of benzene rings is 1. The molecular formula is C12H16BrNO. The molecule has 15 heavy (non-hydrogen) atoms. The summed E-state index contributed by atoms with van der Waals surface area (Å²) >= 11 is 3.44.